The highest BCUT2D eigenvalue weighted by Gasteiger charge is 2.21. The van der Waals surface area contributed by atoms with Gasteiger partial charge in [-0.2, -0.15) is 5.26 Å². The van der Waals surface area contributed by atoms with Crippen LogP contribution in [0.3, 0.4) is 0 Å². The van der Waals surface area contributed by atoms with Crippen LogP contribution < -0.4 is 5.73 Å². The number of nitrogens with zero attached hydrogens (tertiary/aromatic N) is 2. The predicted molar refractivity (Wildman–Crippen MR) is 70.8 cm³/mol. The van der Waals surface area contributed by atoms with E-state index < -0.39 is 11.8 Å². The van der Waals surface area contributed by atoms with E-state index in [2.05, 4.69) is 0 Å². The Hall–Kier alpha value is -2.81. The molecule has 0 aliphatic carbocycles. The largest absolute Gasteiger partial charge is 0.461 e. The summed E-state index contributed by atoms with van der Waals surface area (Å²) in [7, 11) is 0. The Kier molecular flexibility index (Phi) is 3.71. The zero-order valence-corrected chi connectivity index (χ0v) is 10.8. The van der Waals surface area contributed by atoms with Gasteiger partial charge in [0.1, 0.15) is 11.9 Å². The average Bonchev–Trinajstić information content (AvgIpc) is 2.77. The van der Waals surface area contributed by atoms with Crippen LogP contribution in [0.25, 0.3) is 5.69 Å². The van der Waals surface area contributed by atoms with Gasteiger partial charge in [0.15, 0.2) is 5.69 Å². The van der Waals surface area contributed by atoms with Crippen molar-refractivity contribution in [1.82, 2.24) is 4.57 Å². The smallest absolute Gasteiger partial charge is 0.357 e. The number of nitrogen functional groups attached to an aromatic ring is 1. The highest BCUT2D eigenvalue weighted by molar-refractivity contribution is 5.96. The molecule has 2 aromatic rings. The summed E-state index contributed by atoms with van der Waals surface area (Å²) in [4.78, 5) is 11.9. The fraction of sp³-hybridized carbons (Fsp3) is 0.143. The van der Waals surface area contributed by atoms with Crippen LogP contribution in [0, 0.1) is 17.1 Å². The average molecular weight is 273 g/mol. The van der Waals surface area contributed by atoms with Gasteiger partial charge in [-0.15, -0.1) is 0 Å². The molecule has 0 spiro atoms. The van der Waals surface area contributed by atoms with Gasteiger partial charge in [0.2, 0.25) is 0 Å². The second-order valence-electron chi connectivity index (χ2n) is 3.98. The first-order chi connectivity index (χ1) is 9.58. The molecule has 0 aliphatic heterocycles. The maximum absolute atomic E-state index is 13.0. The predicted octanol–water partition coefficient (Wildman–Crippen LogP) is 2.25. The van der Waals surface area contributed by atoms with E-state index in [1.807, 2.05) is 6.07 Å². The molecule has 1 heterocycles. The maximum Gasteiger partial charge on any atom is 0.357 e. The monoisotopic (exact) mass is 273 g/mol. The van der Waals surface area contributed by atoms with Crippen LogP contribution >= 0.6 is 0 Å². The molecule has 0 bridgehead atoms. The second kappa shape index (κ2) is 5.45. The molecular weight excluding hydrogens is 261 g/mol. The second-order valence-corrected chi connectivity index (χ2v) is 3.98. The molecular formula is C14H12FN3O2. The van der Waals surface area contributed by atoms with Crippen LogP contribution in [0.2, 0.25) is 0 Å². The van der Waals surface area contributed by atoms with E-state index in [1.165, 1.54) is 35.0 Å². The Morgan fingerprint density at radius 2 is 2.10 bits per heavy atom. The van der Waals surface area contributed by atoms with Gasteiger partial charge in [-0.05, 0) is 31.2 Å². The quantitative estimate of drug-likeness (QED) is 0.869. The number of halogens is 1. The number of rotatable bonds is 3. The number of benzene rings is 1. The minimum atomic E-state index is -0.629. The van der Waals surface area contributed by atoms with Crippen molar-refractivity contribution in [3.05, 3.63) is 47.5 Å². The number of hydrogen-bond acceptors (Lipinski definition) is 4. The molecule has 2 rings (SSSR count). The summed E-state index contributed by atoms with van der Waals surface area (Å²) in [6.07, 6.45) is 1.43. The topological polar surface area (TPSA) is 81.0 Å². The van der Waals surface area contributed by atoms with Crippen LogP contribution in [0.15, 0.2) is 30.5 Å². The number of carbonyl (C=O) groups is 1. The van der Waals surface area contributed by atoms with Crippen molar-refractivity contribution >= 4 is 11.7 Å². The first-order valence-electron chi connectivity index (χ1n) is 5.92. The number of aromatic nitrogens is 1. The summed E-state index contributed by atoms with van der Waals surface area (Å²) in [5, 5.41) is 9.00. The summed E-state index contributed by atoms with van der Waals surface area (Å²) in [5.41, 5.74) is 6.59. The molecule has 20 heavy (non-hydrogen) atoms. The van der Waals surface area contributed by atoms with Gasteiger partial charge in [-0.1, -0.05) is 0 Å². The lowest BCUT2D eigenvalue weighted by atomic mass is 10.2. The summed E-state index contributed by atoms with van der Waals surface area (Å²) in [6, 6.07) is 7.39. The number of ether oxygens (including phenoxy) is 1. The molecule has 0 amide bonds. The first kappa shape index (κ1) is 13.6. The zero-order chi connectivity index (χ0) is 14.7. The Morgan fingerprint density at radius 3 is 2.65 bits per heavy atom. The molecule has 0 saturated heterocycles. The molecule has 0 fully saturated rings. The van der Waals surface area contributed by atoms with Crippen molar-refractivity contribution in [2.24, 2.45) is 0 Å². The van der Waals surface area contributed by atoms with Gasteiger partial charge < -0.3 is 15.0 Å². The van der Waals surface area contributed by atoms with E-state index in [9.17, 15) is 9.18 Å². The zero-order valence-electron chi connectivity index (χ0n) is 10.8. The number of carbonyl (C=O) groups excluding carboxylic acids is 1. The van der Waals surface area contributed by atoms with E-state index in [4.69, 9.17) is 15.7 Å². The summed E-state index contributed by atoms with van der Waals surface area (Å²) < 4.78 is 19.3. The van der Waals surface area contributed by atoms with E-state index >= 15 is 0 Å². The van der Waals surface area contributed by atoms with Gasteiger partial charge in [-0.3, -0.25) is 0 Å². The number of nitriles is 1. The summed E-state index contributed by atoms with van der Waals surface area (Å²) >= 11 is 0. The number of anilines is 1. The van der Waals surface area contributed by atoms with E-state index in [0.717, 1.165) is 0 Å². The number of hydrogen-bond donors (Lipinski definition) is 1. The Labute approximate surface area is 115 Å². The third-order valence-corrected chi connectivity index (χ3v) is 2.74. The van der Waals surface area contributed by atoms with Crippen LogP contribution in [0.5, 0.6) is 0 Å². The van der Waals surface area contributed by atoms with Crippen LogP contribution in [0.1, 0.15) is 23.0 Å². The molecule has 2 N–H and O–H groups in total. The van der Waals surface area contributed by atoms with Gasteiger partial charge in [0.25, 0.3) is 0 Å². The van der Waals surface area contributed by atoms with Crippen LogP contribution in [0.4, 0.5) is 10.1 Å². The molecule has 0 radical (unpaired) electrons. The molecule has 0 aliphatic rings. The lowest BCUT2D eigenvalue weighted by Gasteiger charge is -2.09. The summed E-state index contributed by atoms with van der Waals surface area (Å²) in [5.74, 6) is -1.03. The maximum atomic E-state index is 13.0. The SMILES string of the molecule is CCOC(=O)c1c(N)c(C#N)cn1-c1ccc(F)cc1. The molecule has 1 aromatic carbocycles. The van der Waals surface area contributed by atoms with E-state index in [-0.39, 0.29) is 23.6 Å². The first-order valence-corrected chi connectivity index (χ1v) is 5.92. The number of esters is 1. The molecule has 0 saturated carbocycles. The third kappa shape index (κ3) is 2.34. The van der Waals surface area contributed by atoms with Gasteiger partial charge in [0, 0.05) is 11.9 Å². The molecule has 102 valence electrons. The summed E-state index contributed by atoms with van der Waals surface area (Å²) in [6.45, 7) is 1.86. The Morgan fingerprint density at radius 1 is 1.45 bits per heavy atom. The van der Waals surface area contributed by atoms with Crippen molar-refractivity contribution in [2.45, 2.75) is 6.92 Å². The fourth-order valence-electron chi connectivity index (χ4n) is 1.82. The minimum Gasteiger partial charge on any atom is -0.461 e. The van der Waals surface area contributed by atoms with Gasteiger partial charge in [-0.25, -0.2) is 9.18 Å². The van der Waals surface area contributed by atoms with E-state index in [0.29, 0.717) is 5.69 Å². The lowest BCUT2D eigenvalue weighted by Crippen LogP contribution is -2.12. The Bertz CT molecular complexity index is 684. The van der Waals surface area contributed by atoms with Gasteiger partial charge in [0.05, 0.1) is 17.9 Å². The van der Waals surface area contributed by atoms with Crippen molar-refractivity contribution in [2.75, 3.05) is 12.3 Å². The van der Waals surface area contributed by atoms with Crippen molar-refractivity contribution < 1.29 is 13.9 Å². The highest BCUT2D eigenvalue weighted by atomic mass is 19.1. The standard InChI is InChI=1S/C14H12FN3O2/c1-2-20-14(19)13-12(17)9(7-16)8-18(13)11-5-3-10(15)4-6-11/h3-6,8H,2,17H2,1H3. The molecule has 1 aromatic heterocycles. The normalized spacial score (nSPS) is 10.1. The molecule has 5 nitrogen and oxygen atoms in total. The molecule has 0 atom stereocenters. The van der Waals surface area contributed by atoms with Crippen LogP contribution in [-0.2, 0) is 4.74 Å². The Balaban J connectivity index is 2.60. The van der Waals surface area contributed by atoms with Gasteiger partial charge >= 0.3 is 5.97 Å². The third-order valence-electron chi connectivity index (χ3n) is 2.74. The molecule has 0 unspecified atom stereocenters. The highest BCUT2D eigenvalue weighted by Crippen LogP contribution is 2.24. The molecule has 6 heteroatoms. The van der Waals surface area contributed by atoms with E-state index in [1.54, 1.807) is 6.92 Å². The fourth-order valence-corrected chi connectivity index (χ4v) is 1.82. The van der Waals surface area contributed by atoms with Crippen LogP contribution in [-0.4, -0.2) is 17.1 Å². The lowest BCUT2D eigenvalue weighted by molar-refractivity contribution is 0.0518. The number of nitrogens with two attached hydrogens (primary N) is 1. The van der Waals surface area contributed by atoms with Crippen molar-refractivity contribution in [1.29, 1.82) is 5.26 Å². The van der Waals surface area contributed by atoms with Crippen molar-refractivity contribution in [3.63, 3.8) is 0 Å². The van der Waals surface area contributed by atoms with Crippen molar-refractivity contribution in [3.8, 4) is 11.8 Å². The minimum absolute atomic E-state index is 0.0512.